The van der Waals surface area contributed by atoms with Crippen molar-refractivity contribution < 1.29 is 9.59 Å². The van der Waals surface area contributed by atoms with E-state index in [1.165, 1.54) is 11.8 Å². The second kappa shape index (κ2) is 7.90. The lowest BCUT2D eigenvalue weighted by atomic mass is 10.2. The van der Waals surface area contributed by atoms with Gasteiger partial charge in [-0.15, -0.1) is 0 Å². The van der Waals surface area contributed by atoms with Gasteiger partial charge in [-0.25, -0.2) is 4.98 Å². The molecule has 3 aromatic rings. The zero-order valence-corrected chi connectivity index (χ0v) is 16.2. The number of hydrogen-bond acceptors (Lipinski definition) is 4. The Labute approximate surface area is 167 Å². The third-order valence-electron chi connectivity index (χ3n) is 4.48. The summed E-state index contributed by atoms with van der Waals surface area (Å²) in [7, 11) is 1.93. The number of imidazole rings is 1. The Hall–Kier alpha value is -3.06. The van der Waals surface area contributed by atoms with Crippen LogP contribution in [-0.2, 0) is 11.8 Å². The molecule has 1 heterocycles. The van der Waals surface area contributed by atoms with Gasteiger partial charge in [0.25, 0.3) is 5.91 Å². The molecule has 1 aliphatic rings. The van der Waals surface area contributed by atoms with E-state index < -0.39 is 0 Å². The van der Waals surface area contributed by atoms with Crippen LogP contribution in [0.25, 0.3) is 0 Å². The van der Waals surface area contributed by atoms with Crippen molar-refractivity contribution >= 4 is 35.0 Å². The van der Waals surface area contributed by atoms with E-state index in [4.69, 9.17) is 0 Å². The second-order valence-electron chi connectivity index (χ2n) is 6.71. The largest absolute Gasteiger partial charge is 0.329 e. The Morgan fingerprint density at radius 3 is 2.50 bits per heavy atom. The summed E-state index contributed by atoms with van der Waals surface area (Å²) >= 11 is 1.49. The number of anilines is 2. The number of carbonyl (C=O) groups excluding carboxylic acids is 2. The molecule has 4 rings (SSSR count). The van der Waals surface area contributed by atoms with E-state index >= 15 is 0 Å². The van der Waals surface area contributed by atoms with Gasteiger partial charge in [0.1, 0.15) is 0 Å². The summed E-state index contributed by atoms with van der Waals surface area (Å²) in [6, 6.07) is 14.6. The summed E-state index contributed by atoms with van der Waals surface area (Å²) in [6.45, 7) is 0. The first-order chi connectivity index (χ1) is 13.6. The van der Waals surface area contributed by atoms with Crippen LogP contribution in [0.15, 0.2) is 71.0 Å². The molecule has 1 aromatic heterocycles. The highest BCUT2D eigenvalue weighted by Gasteiger charge is 2.29. The molecule has 0 aliphatic heterocycles. The molecule has 1 saturated carbocycles. The van der Waals surface area contributed by atoms with Gasteiger partial charge in [0.2, 0.25) is 5.91 Å². The minimum Gasteiger partial charge on any atom is -0.329 e. The van der Waals surface area contributed by atoms with Gasteiger partial charge in [0.05, 0.1) is 5.69 Å². The van der Waals surface area contributed by atoms with Crippen molar-refractivity contribution in [3.8, 4) is 0 Å². The van der Waals surface area contributed by atoms with Crippen LogP contribution in [0.1, 0.15) is 23.2 Å². The molecule has 7 heteroatoms. The number of hydrogen-bond donors (Lipinski definition) is 2. The van der Waals surface area contributed by atoms with Gasteiger partial charge in [-0.3, -0.25) is 9.59 Å². The van der Waals surface area contributed by atoms with Gasteiger partial charge >= 0.3 is 0 Å². The number of aryl methyl sites for hydroxylation is 1. The van der Waals surface area contributed by atoms with Gasteiger partial charge in [0, 0.05) is 41.5 Å². The third-order valence-corrected chi connectivity index (χ3v) is 5.63. The zero-order chi connectivity index (χ0) is 19.5. The molecular formula is C21H20N4O2S. The molecule has 2 aromatic carbocycles. The van der Waals surface area contributed by atoms with Crippen molar-refractivity contribution in [2.75, 3.05) is 10.6 Å². The highest BCUT2D eigenvalue weighted by molar-refractivity contribution is 7.99. The predicted molar refractivity (Wildman–Crippen MR) is 110 cm³/mol. The molecule has 0 atom stereocenters. The molecule has 2 amide bonds. The van der Waals surface area contributed by atoms with Gasteiger partial charge in [-0.2, -0.15) is 0 Å². The van der Waals surface area contributed by atoms with Gasteiger partial charge < -0.3 is 15.2 Å². The van der Waals surface area contributed by atoms with Gasteiger partial charge in [-0.1, -0.05) is 12.1 Å². The Morgan fingerprint density at radius 2 is 1.82 bits per heavy atom. The maximum absolute atomic E-state index is 12.7. The average molecular weight is 392 g/mol. The lowest BCUT2D eigenvalue weighted by Gasteiger charge is -2.11. The summed E-state index contributed by atoms with van der Waals surface area (Å²) < 4.78 is 1.93. The lowest BCUT2D eigenvalue weighted by Crippen LogP contribution is -2.14. The summed E-state index contributed by atoms with van der Waals surface area (Å²) in [6.07, 6.45) is 5.55. The standard InChI is InChI=1S/C21H20N4O2S/c1-25-13-12-22-21(25)28-18-5-3-2-4-17(18)24-20(27)15-8-10-16(11-9-15)23-19(26)14-6-7-14/h2-5,8-14H,6-7H2,1H3,(H,23,26)(H,24,27). The fourth-order valence-corrected chi connectivity index (χ4v) is 3.59. The van der Waals surface area contributed by atoms with Crippen LogP contribution in [0.4, 0.5) is 11.4 Å². The maximum Gasteiger partial charge on any atom is 0.255 e. The molecular weight excluding hydrogens is 372 g/mol. The maximum atomic E-state index is 12.7. The number of aromatic nitrogens is 2. The molecule has 2 N–H and O–H groups in total. The van der Waals surface area contributed by atoms with Crippen LogP contribution in [0.2, 0.25) is 0 Å². The van der Waals surface area contributed by atoms with E-state index in [2.05, 4.69) is 15.6 Å². The van der Waals surface area contributed by atoms with E-state index in [1.807, 2.05) is 42.1 Å². The van der Waals surface area contributed by atoms with Crippen molar-refractivity contribution in [3.05, 3.63) is 66.5 Å². The monoisotopic (exact) mass is 392 g/mol. The van der Waals surface area contributed by atoms with Crippen LogP contribution in [-0.4, -0.2) is 21.4 Å². The smallest absolute Gasteiger partial charge is 0.255 e. The number of benzene rings is 2. The van der Waals surface area contributed by atoms with Gasteiger partial charge in [-0.05, 0) is 61.0 Å². The SMILES string of the molecule is Cn1ccnc1Sc1ccccc1NC(=O)c1ccc(NC(=O)C2CC2)cc1. The first kappa shape index (κ1) is 18.3. The van der Waals surface area contributed by atoms with E-state index in [0.717, 1.165) is 28.6 Å². The first-order valence-electron chi connectivity index (χ1n) is 9.06. The Bertz CT molecular complexity index is 1010. The Morgan fingerprint density at radius 1 is 1.07 bits per heavy atom. The van der Waals surface area contributed by atoms with E-state index in [9.17, 15) is 9.59 Å². The van der Waals surface area contributed by atoms with Crippen molar-refractivity contribution in [2.45, 2.75) is 22.9 Å². The number of para-hydroxylation sites is 1. The van der Waals surface area contributed by atoms with Gasteiger partial charge in [0.15, 0.2) is 5.16 Å². The van der Waals surface area contributed by atoms with E-state index in [0.29, 0.717) is 11.3 Å². The Balaban J connectivity index is 1.44. The van der Waals surface area contributed by atoms with Crippen LogP contribution < -0.4 is 10.6 Å². The number of amides is 2. The molecule has 0 bridgehead atoms. The van der Waals surface area contributed by atoms with Crippen molar-refractivity contribution in [1.29, 1.82) is 0 Å². The number of nitrogens with one attached hydrogen (secondary N) is 2. The highest BCUT2D eigenvalue weighted by atomic mass is 32.2. The molecule has 142 valence electrons. The number of nitrogens with zero attached hydrogens (tertiary/aromatic N) is 2. The van der Waals surface area contributed by atoms with Crippen LogP contribution in [0, 0.1) is 5.92 Å². The first-order valence-corrected chi connectivity index (χ1v) is 9.88. The second-order valence-corrected chi connectivity index (χ2v) is 7.72. The molecule has 28 heavy (non-hydrogen) atoms. The topological polar surface area (TPSA) is 76.0 Å². The van der Waals surface area contributed by atoms with Crippen molar-refractivity contribution in [1.82, 2.24) is 9.55 Å². The predicted octanol–water partition coefficient (Wildman–Crippen LogP) is 4.17. The minimum absolute atomic E-state index is 0.0532. The molecule has 1 aliphatic carbocycles. The highest BCUT2D eigenvalue weighted by Crippen LogP contribution is 2.32. The summed E-state index contributed by atoms with van der Waals surface area (Å²) in [4.78, 5) is 29.7. The van der Waals surface area contributed by atoms with Crippen molar-refractivity contribution in [3.63, 3.8) is 0 Å². The fraction of sp³-hybridized carbons (Fsp3) is 0.190. The molecule has 6 nitrogen and oxygen atoms in total. The Kier molecular flexibility index (Phi) is 5.16. The normalized spacial score (nSPS) is 13.2. The van der Waals surface area contributed by atoms with Crippen LogP contribution in [0.3, 0.4) is 0 Å². The molecule has 0 unspecified atom stereocenters. The van der Waals surface area contributed by atoms with Crippen LogP contribution >= 0.6 is 11.8 Å². The number of carbonyl (C=O) groups is 2. The average Bonchev–Trinajstić information content (AvgIpc) is 3.48. The number of rotatable bonds is 6. The zero-order valence-electron chi connectivity index (χ0n) is 15.4. The summed E-state index contributed by atoms with van der Waals surface area (Å²) in [5.41, 5.74) is 1.96. The lowest BCUT2D eigenvalue weighted by molar-refractivity contribution is -0.117. The molecule has 0 saturated heterocycles. The quantitative estimate of drug-likeness (QED) is 0.660. The van der Waals surface area contributed by atoms with Crippen LogP contribution in [0.5, 0.6) is 0 Å². The molecule has 0 radical (unpaired) electrons. The minimum atomic E-state index is -0.201. The summed E-state index contributed by atoms with van der Waals surface area (Å²) in [5, 5.41) is 6.68. The van der Waals surface area contributed by atoms with Crippen molar-refractivity contribution in [2.24, 2.45) is 13.0 Å². The molecule has 1 fully saturated rings. The molecule has 0 spiro atoms. The van der Waals surface area contributed by atoms with E-state index in [-0.39, 0.29) is 17.7 Å². The third kappa shape index (κ3) is 4.26. The van der Waals surface area contributed by atoms with E-state index in [1.54, 1.807) is 30.5 Å². The fourth-order valence-electron chi connectivity index (χ4n) is 2.70. The summed E-state index contributed by atoms with van der Waals surface area (Å²) in [5.74, 6) is 0.00101.